The number of carbonyl (C=O) groups is 1. The van der Waals surface area contributed by atoms with Gasteiger partial charge < -0.3 is 10.4 Å². The number of thioether (sulfide) groups is 1. The Morgan fingerprint density at radius 2 is 1.96 bits per heavy atom. The molecule has 122 valence electrons. The zero-order valence-corrected chi connectivity index (χ0v) is 13.1. The van der Waals surface area contributed by atoms with Crippen LogP contribution in [0.15, 0.2) is 53.7 Å². The second-order valence-electron chi connectivity index (χ2n) is 4.68. The van der Waals surface area contributed by atoms with Crippen molar-refractivity contribution in [2.75, 3.05) is 11.1 Å². The Bertz CT molecular complexity index is 870. The maximum atomic E-state index is 13.5. The average molecular weight is 345 g/mol. The Kier molecular flexibility index (Phi) is 4.71. The van der Waals surface area contributed by atoms with E-state index in [9.17, 15) is 14.3 Å². The summed E-state index contributed by atoms with van der Waals surface area (Å²) in [4.78, 5) is 11.9. The van der Waals surface area contributed by atoms with Gasteiger partial charge in [0.25, 0.3) is 0 Å². The topological polar surface area (TPSA) is 92.9 Å². The van der Waals surface area contributed by atoms with Crippen molar-refractivity contribution in [1.82, 2.24) is 20.2 Å². The molecule has 0 atom stereocenters. The summed E-state index contributed by atoms with van der Waals surface area (Å²) in [6.45, 7) is 0. The average Bonchev–Trinajstić information content (AvgIpc) is 3.04. The van der Waals surface area contributed by atoms with Crippen LogP contribution in [0, 0.1) is 5.82 Å². The lowest BCUT2D eigenvalue weighted by atomic mass is 10.3. The van der Waals surface area contributed by atoms with Gasteiger partial charge in [0, 0.05) is 0 Å². The number of para-hydroxylation sites is 3. The predicted molar refractivity (Wildman–Crippen MR) is 86.6 cm³/mol. The van der Waals surface area contributed by atoms with Gasteiger partial charge >= 0.3 is 0 Å². The van der Waals surface area contributed by atoms with E-state index in [0.717, 1.165) is 11.8 Å². The number of carbonyl (C=O) groups excluding carboxylic acids is 1. The summed E-state index contributed by atoms with van der Waals surface area (Å²) in [5.74, 6) is -0.892. The minimum absolute atomic E-state index is 0.0116. The first-order valence-corrected chi connectivity index (χ1v) is 7.87. The molecule has 0 bridgehead atoms. The molecule has 0 spiro atoms. The molecular formula is C15H12FN5O2S. The van der Waals surface area contributed by atoms with E-state index in [0.29, 0.717) is 10.8 Å². The number of nitrogens with zero attached hydrogens (tertiary/aromatic N) is 4. The van der Waals surface area contributed by atoms with Crippen molar-refractivity contribution < 1.29 is 14.3 Å². The zero-order valence-electron chi connectivity index (χ0n) is 12.3. The lowest BCUT2D eigenvalue weighted by molar-refractivity contribution is -0.113. The fourth-order valence-electron chi connectivity index (χ4n) is 1.94. The van der Waals surface area contributed by atoms with Crippen molar-refractivity contribution in [2.24, 2.45) is 0 Å². The molecule has 0 radical (unpaired) electrons. The maximum Gasteiger partial charge on any atom is 0.234 e. The Morgan fingerprint density at radius 1 is 1.21 bits per heavy atom. The molecule has 3 aromatic rings. The number of aromatic nitrogens is 4. The van der Waals surface area contributed by atoms with Crippen LogP contribution in [-0.4, -0.2) is 37.0 Å². The van der Waals surface area contributed by atoms with Gasteiger partial charge in [0.15, 0.2) is 0 Å². The van der Waals surface area contributed by atoms with Crippen LogP contribution >= 0.6 is 11.8 Å². The number of hydrogen-bond acceptors (Lipinski definition) is 6. The van der Waals surface area contributed by atoms with Gasteiger partial charge in [0.1, 0.15) is 17.3 Å². The third kappa shape index (κ3) is 3.51. The standard InChI is InChI=1S/C15H12FN5O2S/c16-10-5-1-2-6-11(10)17-14(23)9-24-15-18-19-20-21(15)12-7-3-4-8-13(12)22/h1-8,22H,9H2,(H,17,23). The molecule has 0 saturated heterocycles. The summed E-state index contributed by atoms with van der Waals surface area (Å²) in [5, 5.41) is 23.9. The summed E-state index contributed by atoms with van der Waals surface area (Å²) in [7, 11) is 0. The molecule has 0 fully saturated rings. The molecule has 24 heavy (non-hydrogen) atoms. The number of amides is 1. The van der Waals surface area contributed by atoms with Crippen molar-refractivity contribution in [3.8, 4) is 11.4 Å². The molecule has 0 unspecified atom stereocenters. The Morgan fingerprint density at radius 3 is 2.75 bits per heavy atom. The van der Waals surface area contributed by atoms with Crippen molar-refractivity contribution in [3.63, 3.8) is 0 Å². The summed E-state index contributed by atoms with van der Waals surface area (Å²) < 4.78 is 14.8. The SMILES string of the molecule is O=C(CSc1nnnn1-c1ccccc1O)Nc1ccccc1F. The van der Waals surface area contributed by atoms with Gasteiger partial charge in [-0.25, -0.2) is 4.39 Å². The smallest absolute Gasteiger partial charge is 0.234 e. The van der Waals surface area contributed by atoms with Crippen LogP contribution in [0.3, 0.4) is 0 Å². The molecule has 1 aromatic heterocycles. The number of benzene rings is 2. The summed E-state index contributed by atoms with van der Waals surface area (Å²) in [5.41, 5.74) is 0.517. The molecule has 2 N–H and O–H groups in total. The summed E-state index contributed by atoms with van der Waals surface area (Å²) in [6, 6.07) is 12.5. The van der Waals surface area contributed by atoms with Crippen molar-refractivity contribution in [2.45, 2.75) is 5.16 Å². The number of rotatable bonds is 5. The van der Waals surface area contributed by atoms with Crippen molar-refractivity contribution in [3.05, 3.63) is 54.3 Å². The van der Waals surface area contributed by atoms with E-state index in [-0.39, 0.29) is 17.2 Å². The Hall–Kier alpha value is -2.94. The molecule has 2 aromatic carbocycles. The van der Waals surface area contributed by atoms with E-state index >= 15 is 0 Å². The van der Waals surface area contributed by atoms with Gasteiger partial charge in [-0.15, -0.1) is 5.10 Å². The van der Waals surface area contributed by atoms with E-state index in [1.165, 1.54) is 22.9 Å². The quantitative estimate of drug-likeness (QED) is 0.689. The highest BCUT2D eigenvalue weighted by molar-refractivity contribution is 7.99. The van der Waals surface area contributed by atoms with E-state index in [4.69, 9.17) is 0 Å². The van der Waals surface area contributed by atoms with Crippen LogP contribution in [0.1, 0.15) is 0 Å². The lowest BCUT2D eigenvalue weighted by Gasteiger charge is -2.07. The number of phenolic OH excluding ortho intramolecular Hbond substituents is 1. The third-order valence-corrected chi connectivity index (χ3v) is 3.95. The van der Waals surface area contributed by atoms with Crippen LogP contribution in [0.25, 0.3) is 5.69 Å². The van der Waals surface area contributed by atoms with Crippen LogP contribution in [0.2, 0.25) is 0 Å². The normalized spacial score (nSPS) is 10.5. The second kappa shape index (κ2) is 7.09. The van der Waals surface area contributed by atoms with Crippen LogP contribution in [-0.2, 0) is 4.79 Å². The van der Waals surface area contributed by atoms with E-state index in [1.807, 2.05) is 0 Å². The molecule has 0 aliphatic carbocycles. The number of halogens is 1. The zero-order chi connectivity index (χ0) is 16.9. The van der Waals surface area contributed by atoms with Gasteiger partial charge in [-0.1, -0.05) is 36.0 Å². The number of hydrogen-bond donors (Lipinski definition) is 2. The number of nitrogens with one attached hydrogen (secondary N) is 1. The fraction of sp³-hybridized carbons (Fsp3) is 0.0667. The first-order valence-electron chi connectivity index (χ1n) is 6.89. The van der Waals surface area contributed by atoms with Crippen LogP contribution in [0.5, 0.6) is 5.75 Å². The monoisotopic (exact) mass is 345 g/mol. The molecule has 0 aliphatic rings. The molecule has 9 heteroatoms. The third-order valence-electron chi connectivity index (χ3n) is 3.03. The van der Waals surface area contributed by atoms with E-state index in [1.54, 1.807) is 30.3 Å². The predicted octanol–water partition coefficient (Wildman–Crippen LogP) is 2.24. The molecule has 3 rings (SSSR count). The number of anilines is 1. The van der Waals surface area contributed by atoms with Gasteiger partial charge in [-0.05, 0) is 34.7 Å². The van der Waals surface area contributed by atoms with Crippen molar-refractivity contribution >= 4 is 23.4 Å². The molecule has 0 aliphatic heterocycles. The first-order chi connectivity index (χ1) is 11.6. The van der Waals surface area contributed by atoms with Gasteiger partial charge in [0.05, 0.1) is 11.4 Å². The highest BCUT2D eigenvalue weighted by Crippen LogP contribution is 2.24. The minimum atomic E-state index is -0.505. The van der Waals surface area contributed by atoms with Gasteiger partial charge in [-0.2, -0.15) is 4.68 Å². The van der Waals surface area contributed by atoms with E-state index < -0.39 is 11.7 Å². The summed E-state index contributed by atoms with van der Waals surface area (Å²) in [6.07, 6.45) is 0. The van der Waals surface area contributed by atoms with Crippen LogP contribution in [0.4, 0.5) is 10.1 Å². The lowest BCUT2D eigenvalue weighted by Crippen LogP contribution is -2.15. The molecular weight excluding hydrogens is 333 g/mol. The number of phenols is 1. The number of tetrazole rings is 1. The Balaban J connectivity index is 1.68. The molecule has 7 nitrogen and oxygen atoms in total. The minimum Gasteiger partial charge on any atom is -0.506 e. The largest absolute Gasteiger partial charge is 0.506 e. The van der Waals surface area contributed by atoms with Crippen molar-refractivity contribution in [1.29, 1.82) is 0 Å². The fourth-order valence-corrected chi connectivity index (χ4v) is 2.63. The molecule has 0 saturated carbocycles. The van der Waals surface area contributed by atoms with Gasteiger partial charge in [-0.3, -0.25) is 4.79 Å². The van der Waals surface area contributed by atoms with Gasteiger partial charge in [0.2, 0.25) is 11.1 Å². The molecule has 1 amide bonds. The maximum absolute atomic E-state index is 13.5. The molecule has 1 heterocycles. The highest BCUT2D eigenvalue weighted by Gasteiger charge is 2.14. The van der Waals surface area contributed by atoms with Crippen LogP contribution < -0.4 is 5.32 Å². The van der Waals surface area contributed by atoms with E-state index in [2.05, 4.69) is 20.8 Å². The number of aromatic hydroxyl groups is 1. The second-order valence-corrected chi connectivity index (χ2v) is 5.62. The summed E-state index contributed by atoms with van der Waals surface area (Å²) >= 11 is 1.07. The highest BCUT2D eigenvalue weighted by atomic mass is 32.2. The Labute approximate surface area is 140 Å². The first kappa shape index (κ1) is 15.9.